The van der Waals surface area contributed by atoms with Gasteiger partial charge in [-0.25, -0.2) is 0 Å². The molecule has 110 valence electrons. The lowest BCUT2D eigenvalue weighted by molar-refractivity contribution is -0.143. The minimum atomic E-state index is -0.354. The minimum absolute atomic E-state index is 0.0774. The van der Waals surface area contributed by atoms with E-state index in [-0.39, 0.29) is 24.6 Å². The maximum absolute atomic E-state index is 12.1. The first kappa shape index (κ1) is 16.0. The van der Waals surface area contributed by atoms with Crippen LogP contribution in [0.1, 0.15) is 36.5 Å². The van der Waals surface area contributed by atoms with Gasteiger partial charge >= 0.3 is 5.97 Å². The average Bonchev–Trinajstić information content (AvgIpc) is 2.49. The van der Waals surface area contributed by atoms with Crippen molar-refractivity contribution in [1.29, 1.82) is 0 Å². The fourth-order valence-electron chi connectivity index (χ4n) is 1.67. The number of hydrogen-bond donors (Lipinski definition) is 0. The molecule has 5 nitrogen and oxygen atoms in total. The molecule has 0 saturated heterocycles. The summed E-state index contributed by atoms with van der Waals surface area (Å²) in [6.45, 7) is 2.31. The topological polar surface area (TPSA) is 61.8 Å². The quantitative estimate of drug-likeness (QED) is 0.541. The molecule has 0 amide bonds. The summed E-state index contributed by atoms with van der Waals surface area (Å²) in [6.07, 6.45) is 0.950. The molecule has 0 spiro atoms. The molecule has 20 heavy (non-hydrogen) atoms. The summed E-state index contributed by atoms with van der Waals surface area (Å²) in [5, 5.41) is 0. The van der Waals surface area contributed by atoms with Gasteiger partial charge in [0.25, 0.3) is 0 Å². The Hall–Kier alpha value is -2.04. The van der Waals surface area contributed by atoms with Crippen molar-refractivity contribution in [2.75, 3.05) is 20.8 Å². The van der Waals surface area contributed by atoms with E-state index in [4.69, 9.17) is 14.2 Å². The first-order valence-corrected chi connectivity index (χ1v) is 6.53. The van der Waals surface area contributed by atoms with Crippen LogP contribution in [-0.4, -0.2) is 32.6 Å². The molecule has 0 aliphatic rings. The first-order valence-electron chi connectivity index (χ1n) is 6.53. The summed E-state index contributed by atoms with van der Waals surface area (Å²) >= 11 is 0. The van der Waals surface area contributed by atoms with E-state index in [0.29, 0.717) is 23.7 Å². The summed E-state index contributed by atoms with van der Waals surface area (Å²) in [6, 6.07) is 4.96. The van der Waals surface area contributed by atoms with E-state index in [9.17, 15) is 9.59 Å². The smallest absolute Gasteiger partial charge is 0.306 e. The number of rotatable bonds is 8. The second-order valence-electron chi connectivity index (χ2n) is 4.21. The molecule has 0 aliphatic heterocycles. The van der Waals surface area contributed by atoms with Gasteiger partial charge in [-0.3, -0.25) is 9.59 Å². The molecule has 1 aromatic rings. The SMILES string of the molecule is CCCOC(=O)CCC(=O)c1ccc(OC)cc1OC. The van der Waals surface area contributed by atoms with E-state index in [1.807, 2.05) is 6.92 Å². The molecule has 0 aromatic heterocycles. The van der Waals surface area contributed by atoms with Gasteiger partial charge in [0.1, 0.15) is 11.5 Å². The Bertz CT molecular complexity index is 467. The van der Waals surface area contributed by atoms with Crippen LogP contribution in [0.2, 0.25) is 0 Å². The highest BCUT2D eigenvalue weighted by Crippen LogP contribution is 2.25. The van der Waals surface area contributed by atoms with Crippen LogP contribution in [0.4, 0.5) is 0 Å². The molecule has 5 heteroatoms. The summed E-state index contributed by atoms with van der Waals surface area (Å²) in [5.41, 5.74) is 0.441. The molecular formula is C15H20O5. The Morgan fingerprint density at radius 1 is 1.10 bits per heavy atom. The largest absolute Gasteiger partial charge is 0.497 e. The van der Waals surface area contributed by atoms with Gasteiger partial charge in [-0.15, -0.1) is 0 Å². The molecule has 0 radical (unpaired) electrons. The van der Waals surface area contributed by atoms with Gasteiger partial charge in [0.15, 0.2) is 5.78 Å². The number of ether oxygens (including phenoxy) is 3. The summed E-state index contributed by atoms with van der Waals surface area (Å²) in [4.78, 5) is 23.4. The van der Waals surface area contributed by atoms with Gasteiger partial charge in [-0.1, -0.05) is 6.92 Å². The maximum Gasteiger partial charge on any atom is 0.306 e. The van der Waals surface area contributed by atoms with Gasteiger partial charge in [0.2, 0.25) is 0 Å². The molecule has 0 unspecified atom stereocenters. The van der Waals surface area contributed by atoms with Gasteiger partial charge in [0, 0.05) is 12.5 Å². The average molecular weight is 280 g/mol. The standard InChI is InChI=1S/C15H20O5/c1-4-9-20-15(17)8-7-13(16)12-6-5-11(18-2)10-14(12)19-3/h5-6,10H,4,7-9H2,1-3H3. The van der Waals surface area contributed by atoms with E-state index in [0.717, 1.165) is 6.42 Å². The van der Waals surface area contributed by atoms with Crippen LogP contribution in [0.5, 0.6) is 11.5 Å². The van der Waals surface area contributed by atoms with Crippen LogP contribution >= 0.6 is 0 Å². The molecule has 0 atom stereocenters. The third-order valence-electron chi connectivity index (χ3n) is 2.73. The number of hydrogen-bond acceptors (Lipinski definition) is 5. The molecular weight excluding hydrogens is 260 g/mol. The fourth-order valence-corrected chi connectivity index (χ4v) is 1.67. The van der Waals surface area contributed by atoms with Crippen molar-refractivity contribution in [3.05, 3.63) is 23.8 Å². The van der Waals surface area contributed by atoms with Crippen molar-refractivity contribution in [3.8, 4) is 11.5 Å². The highest BCUT2D eigenvalue weighted by atomic mass is 16.5. The van der Waals surface area contributed by atoms with E-state index in [1.165, 1.54) is 7.11 Å². The number of methoxy groups -OCH3 is 2. The van der Waals surface area contributed by atoms with Crippen LogP contribution in [0.25, 0.3) is 0 Å². The van der Waals surface area contributed by atoms with Gasteiger partial charge in [-0.2, -0.15) is 0 Å². The maximum atomic E-state index is 12.1. The number of benzene rings is 1. The number of ketones is 1. The zero-order valence-corrected chi connectivity index (χ0v) is 12.1. The van der Waals surface area contributed by atoms with Crippen molar-refractivity contribution in [3.63, 3.8) is 0 Å². The van der Waals surface area contributed by atoms with E-state index in [1.54, 1.807) is 25.3 Å². The van der Waals surface area contributed by atoms with Crippen LogP contribution in [0, 0.1) is 0 Å². The zero-order chi connectivity index (χ0) is 15.0. The zero-order valence-electron chi connectivity index (χ0n) is 12.1. The van der Waals surface area contributed by atoms with Crippen molar-refractivity contribution in [2.45, 2.75) is 26.2 Å². The number of carbonyl (C=O) groups is 2. The fraction of sp³-hybridized carbons (Fsp3) is 0.467. The van der Waals surface area contributed by atoms with Gasteiger partial charge < -0.3 is 14.2 Å². The van der Waals surface area contributed by atoms with Gasteiger partial charge in [0.05, 0.1) is 32.8 Å². The van der Waals surface area contributed by atoms with Crippen LogP contribution in [-0.2, 0) is 9.53 Å². The lowest BCUT2D eigenvalue weighted by atomic mass is 10.1. The monoisotopic (exact) mass is 280 g/mol. The predicted octanol–water partition coefficient (Wildman–Crippen LogP) is 2.62. The molecule has 0 heterocycles. The highest BCUT2D eigenvalue weighted by molar-refractivity contribution is 6.00. The molecule has 1 aromatic carbocycles. The van der Waals surface area contributed by atoms with E-state index >= 15 is 0 Å². The summed E-state index contributed by atoms with van der Waals surface area (Å²) in [5.74, 6) is 0.544. The van der Waals surface area contributed by atoms with Crippen LogP contribution < -0.4 is 9.47 Å². The third kappa shape index (κ3) is 4.57. The lowest BCUT2D eigenvalue weighted by Gasteiger charge is -2.09. The molecule has 0 bridgehead atoms. The van der Waals surface area contributed by atoms with E-state index < -0.39 is 0 Å². The van der Waals surface area contributed by atoms with Gasteiger partial charge in [-0.05, 0) is 18.6 Å². The predicted molar refractivity (Wildman–Crippen MR) is 74.4 cm³/mol. The van der Waals surface area contributed by atoms with Crippen molar-refractivity contribution in [2.24, 2.45) is 0 Å². The van der Waals surface area contributed by atoms with Crippen LogP contribution in [0.15, 0.2) is 18.2 Å². The molecule has 0 fully saturated rings. The highest BCUT2D eigenvalue weighted by Gasteiger charge is 2.15. The summed E-state index contributed by atoms with van der Waals surface area (Å²) in [7, 11) is 3.03. The van der Waals surface area contributed by atoms with Crippen molar-refractivity contribution >= 4 is 11.8 Å². The molecule has 1 rings (SSSR count). The Labute approximate surface area is 118 Å². The Kier molecular flexibility index (Phi) is 6.56. The van der Waals surface area contributed by atoms with Crippen molar-refractivity contribution < 1.29 is 23.8 Å². The van der Waals surface area contributed by atoms with Crippen molar-refractivity contribution in [1.82, 2.24) is 0 Å². The minimum Gasteiger partial charge on any atom is -0.497 e. The Morgan fingerprint density at radius 2 is 1.85 bits per heavy atom. The normalized spacial score (nSPS) is 9.95. The molecule has 0 aliphatic carbocycles. The second-order valence-corrected chi connectivity index (χ2v) is 4.21. The Morgan fingerprint density at radius 3 is 2.45 bits per heavy atom. The van der Waals surface area contributed by atoms with Crippen LogP contribution in [0.3, 0.4) is 0 Å². The second kappa shape index (κ2) is 8.19. The summed E-state index contributed by atoms with van der Waals surface area (Å²) < 4.78 is 15.2. The number of esters is 1. The number of Topliss-reactive ketones (excluding diaryl/α,β-unsaturated/α-hetero) is 1. The number of carbonyl (C=O) groups excluding carboxylic acids is 2. The molecule has 0 N–H and O–H groups in total. The van der Waals surface area contributed by atoms with E-state index in [2.05, 4.69) is 0 Å². The lowest BCUT2D eigenvalue weighted by Crippen LogP contribution is -2.09. The Balaban J connectivity index is 2.65. The third-order valence-corrected chi connectivity index (χ3v) is 2.73. The molecule has 0 saturated carbocycles. The first-order chi connectivity index (χ1) is 9.62.